The average Bonchev–Trinajstić information content (AvgIpc) is 3.06. The molecule has 3 rings (SSSR count). The van der Waals surface area contributed by atoms with E-state index >= 15 is 0 Å². The number of thiophene rings is 1. The van der Waals surface area contributed by atoms with Crippen LogP contribution in [0.3, 0.4) is 0 Å². The van der Waals surface area contributed by atoms with Crippen molar-refractivity contribution in [3.63, 3.8) is 0 Å². The molecule has 0 aromatic carbocycles. The smallest absolute Gasteiger partial charge is 0.249 e. The SMILES string of the molecule is CCC1C(=O)NC2(CCCC2)C(=O)N1Cc1cc(Br)cs1. The van der Waals surface area contributed by atoms with Crippen molar-refractivity contribution in [1.29, 1.82) is 0 Å². The van der Waals surface area contributed by atoms with Crippen molar-refractivity contribution in [2.75, 3.05) is 0 Å². The van der Waals surface area contributed by atoms with Gasteiger partial charge in [0.15, 0.2) is 0 Å². The van der Waals surface area contributed by atoms with E-state index in [1.807, 2.05) is 18.4 Å². The summed E-state index contributed by atoms with van der Waals surface area (Å²) in [4.78, 5) is 28.3. The Morgan fingerprint density at radius 1 is 1.43 bits per heavy atom. The first-order valence-electron chi connectivity index (χ1n) is 7.42. The van der Waals surface area contributed by atoms with Crippen molar-refractivity contribution in [2.24, 2.45) is 0 Å². The quantitative estimate of drug-likeness (QED) is 0.888. The zero-order valence-corrected chi connectivity index (χ0v) is 14.4. The molecule has 1 N–H and O–H groups in total. The first-order valence-corrected chi connectivity index (χ1v) is 9.09. The van der Waals surface area contributed by atoms with Gasteiger partial charge in [-0.1, -0.05) is 19.8 Å². The predicted octanol–water partition coefficient (Wildman–Crippen LogP) is 3.06. The van der Waals surface area contributed by atoms with Crippen LogP contribution < -0.4 is 5.32 Å². The number of halogens is 1. The van der Waals surface area contributed by atoms with Crippen LogP contribution in [0.15, 0.2) is 15.9 Å². The molecular formula is C15H19BrN2O2S. The summed E-state index contributed by atoms with van der Waals surface area (Å²) < 4.78 is 1.03. The Labute approximate surface area is 137 Å². The summed E-state index contributed by atoms with van der Waals surface area (Å²) in [7, 11) is 0. The van der Waals surface area contributed by atoms with E-state index in [0.29, 0.717) is 13.0 Å². The van der Waals surface area contributed by atoms with Gasteiger partial charge in [-0.2, -0.15) is 0 Å². The predicted molar refractivity (Wildman–Crippen MR) is 86.0 cm³/mol. The average molecular weight is 371 g/mol. The normalized spacial score (nSPS) is 24.7. The molecule has 1 spiro atoms. The molecule has 114 valence electrons. The lowest BCUT2D eigenvalue weighted by Gasteiger charge is -2.44. The van der Waals surface area contributed by atoms with Crippen molar-refractivity contribution in [1.82, 2.24) is 10.2 Å². The fourth-order valence-corrected chi connectivity index (χ4v) is 4.89. The number of hydrogen-bond acceptors (Lipinski definition) is 3. The van der Waals surface area contributed by atoms with Crippen LogP contribution in [0.25, 0.3) is 0 Å². The van der Waals surface area contributed by atoms with Gasteiger partial charge in [-0.25, -0.2) is 0 Å². The molecule has 1 aliphatic carbocycles. The molecule has 1 atom stereocenters. The molecule has 21 heavy (non-hydrogen) atoms. The van der Waals surface area contributed by atoms with Crippen LogP contribution in [0, 0.1) is 0 Å². The molecule has 4 nitrogen and oxygen atoms in total. The minimum Gasteiger partial charge on any atom is -0.340 e. The number of rotatable bonds is 3. The van der Waals surface area contributed by atoms with Gasteiger partial charge in [-0.05, 0) is 41.3 Å². The summed E-state index contributed by atoms with van der Waals surface area (Å²) in [6, 6.07) is 1.68. The highest BCUT2D eigenvalue weighted by Gasteiger charge is 2.51. The standard InChI is InChI=1S/C15H19BrN2O2S/c1-2-12-13(19)17-15(5-3-4-6-15)14(20)18(12)8-11-7-10(16)9-21-11/h7,9,12H,2-6,8H2,1H3,(H,17,19). The lowest BCUT2D eigenvalue weighted by Crippen LogP contribution is -2.68. The van der Waals surface area contributed by atoms with Crippen molar-refractivity contribution >= 4 is 39.1 Å². The number of carbonyl (C=O) groups excluding carboxylic acids is 2. The first kappa shape index (κ1) is 15.0. The third-order valence-corrected chi connectivity index (χ3v) is 6.19. The Balaban J connectivity index is 1.89. The van der Waals surface area contributed by atoms with Crippen molar-refractivity contribution in [3.8, 4) is 0 Å². The molecule has 2 amide bonds. The Morgan fingerprint density at radius 2 is 2.14 bits per heavy atom. The molecule has 6 heteroatoms. The number of carbonyl (C=O) groups is 2. The van der Waals surface area contributed by atoms with E-state index < -0.39 is 5.54 Å². The molecule has 1 unspecified atom stereocenters. The van der Waals surface area contributed by atoms with Gasteiger partial charge in [-0.3, -0.25) is 9.59 Å². The second-order valence-electron chi connectivity index (χ2n) is 5.87. The van der Waals surface area contributed by atoms with Gasteiger partial charge >= 0.3 is 0 Å². The van der Waals surface area contributed by atoms with Crippen molar-refractivity contribution < 1.29 is 9.59 Å². The number of nitrogens with one attached hydrogen (secondary N) is 1. The Kier molecular flexibility index (Phi) is 4.10. The summed E-state index contributed by atoms with van der Waals surface area (Å²) in [6.07, 6.45) is 4.24. The van der Waals surface area contributed by atoms with Gasteiger partial charge in [0, 0.05) is 14.7 Å². The van der Waals surface area contributed by atoms with E-state index in [-0.39, 0.29) is 17.9 Å². The van der Waals surface area contributed by atoms with Crippen LogP contribution >= 0.6 is 27.3 Å². The number of nitrogens with zero attached hydrogens (tertiary/aromatic N) is 1. The fraction of sp³-hybridized carbons (Fsp3) is 0.600. The molecule has 2 fully saturated rings. The van der Waals surface area contributed by atoms with E-state index in [1.165, 1.54) is 0 Å². The molecule has 1 aromatic heterocycles. The lowest BCUT2D eigenvalue weighted by atomic mass is 9.90. The minimum atomic E-state index is -0.628. The van der Waals surface area contributed by atoms with Crippen LogP contribution in [0.1, 0.15) is 43.9 Å². The van der Waals surface area contributed by atoms with Gasteiger partial charge in [0.1, 0.15) is 11.6 Å². The van der Waals surface area contributed by atoms with Crippen LogP contribution in [0.2, 0.25) is 0 Å². The molecule has 1 saturated heterocycles. The maximum Gasteiger partial charge on any atom is 0.249 e. The van der Waals surface area contributed by atoms with E-state index in [4.69, 9.17) is 0 Å². The highest BCUT2D eigenvalue weighted by Crippen LogP contribution is 2.36. The van der Waals surface area contributed by atoms with Crippen LogP contribution in [-0.2, 0) is 16.1 Å². The van der Waals surface area contributed by atoms with Crippen molar-refractivity contribution in [3.05, 3.63) is 20.8 Å². The van der Waals surface area contributed by atoms with Crippen LogP contribution in [-0.4, -0.2) is 28.3 Å². The summed E-state index contributed by atoms with van der Waals surface area (Å²) in [6.45, 7) is 2.49. The third kappa shape index (κ3) is 2.63. The summed E-state index contributed by atoms with van der Waals surface area (Å²) >= 11 is 5.06. The van der Waals surface area contributed by atoms with Crippen LogP contribution in [0.5, 0.6) is 0 Å². The molecule has 1 saturated carbocycles. The van der Waals surface area contributed by atoms with Gasteiger partial charge in [-0.15, -0.1) is 11.3 Å². The zero-order valence-electron chi connectivity index (χ0n) is 12.0. The molecule has 2 heterocycles. The van der Waals surface area contributed by atoms with Gasteiger partial charge < -0.3 is 10.2 Å². The summed E-state index contributed by atoms with van der Waals surface area (Å²) in [5.74, 6) is 0.116. The fourth-order valence-electron chi connectivity index (χ4n) is 3.44. The maximum absolute atomic E-state index is 13.0. The highest BCUT2D eigenvalue weighted by atomic mass is 79.9. The number of piperazine rings is 1. The molecule has 1 aliphatic heterocycles. The van der Waals surface area contributed by atoms with E-state index in [2.05, 4.69) is 21.2 Å². The van der Waals surface area contributed by atoms with Gasteiger partial charge in [0.25, 0.3) is 0 Å². The third-order valence-electron chi connectivity index (χ3n) is 4.50. The molecule has 2 aliphatic rings. The number of hydrogen-bond donors (Lipinski definition) is 1. The first-order chi connectivity index (χ1) is 10.1. The molecule has 0 radical (unpaired) electrons. The topological polar surface area (TPSA) is 49.4 Å². The van der Waals surface area contributed by atoms with Gasteiger partial charge in [0.2, 0.25) is 11.8 Å². The van der Waals surface area contributed by atoms with Crippen LogP contribution in [0.4, 0.5) is 0 Å². The van der Waals surface area contributed by atoms with E-state index in [1.54, 1.807) is 16.2 Å². The van der Waals surface area contributed by atoms with Gasteiger partial charge in [0.05, 0.1) is 6.54 Å². The largest absolute Gasteiger partial charge is 0.340 e. The second-order valence-corrected chi connectivity index (χ2v) is 7.78. The minimum absolute atomic E-state index is 0.00891. The monoisotopic (exact) mass is 370 g/mol. The van der Waals surface area contributed by atoms with E-state index in [9.17, 15) is 9.59 Å². The number of amides is 2. The molecule has 1 aromatic rings. The highest BCUT2D eigenvalue weighted by molar-refractivity contribution is 9.10. The molecular weight excluding hydrogens is 352 g/mol. The maximum atomic E-state index is 13.0. The lowest BCUT2D eigenvalue weighted by molar-refractivity contribution is -0.155. The molecule has 0 bridgehead atoms. The zero-order chi connectivity index (χ0) is 15.0. The second kappa shape index (κ2) is 5.72. The summed E-state index contributed by atoms with van der Waals surface area (Å²) in [5, 5.41) is 5.04. The van der Waals surface area contributed by atoms with E-state index in [0.717, 1.165) is 35.0 Å². The summed E-state index contributed by atoms with van der Waals surface area (Å²) in [5.41, 5.74) is -0.628. The Hall–Kier alpha value is -0.880. The Bertz CT molecular complexity index is 566. The Morgan fingerprint density at radius 3 is 2.71 bits per heavy atom. The van der Waals surface area contributed by atoms with Crippen molar-refractivity contribution in [2.45, 2.75) is 57.2 Å².